The number of imidazole rings is 1. The summed E-state index contributed by atoms with van der Waals surface area (Å²) in [5.41, 5.74) is -0.352. The highest BCUT2D eigenvalue weighted by molar-refractivity contribution is 7.90. The van der Waals surface area contributed by atoms with Crippen LogP contribution in [-0.2, 0) is 15.6 Å². The van der Waals surface area contributed by atoms with Gasteiger partial charge in [-0.2, -0.15) is 5.10 Å². The van der Waals surface area contributed by atoms with Crippen molar-refractivity contribution in [2.75, 3.05) is 7.11 Å². The minimum absolute atomic E-state index is 0.0615. The molecular weight excluding hydrogens is 502 g/mol. The summed E-state index contributed by atoms with van der Waals surface area (Å²) < 4.78 is 61.9. The lowest BCUT2D eigenvalue weighted by molar-refractivity contribution is 0.385. The Morgan fingerprint density at radius 1 is 1.11 bits per heavy atom. The lowest BCUT2D eigenvalue weighted by Crippen LogP contribution is -2.10. The summed E-state index contributed by atoms with van der Waals surface area (Å²) in [7, 11) is -2.86. The zero-order valence-electron chi connectivity index (χ0n) is 17.9. The molecule has 0 unspecified atom stereocenters. The predicted octanol–water partition coefficient (Wildman–Crippen LogP) is 4.32. The number of ether oxygens (including phenoxy) is 1. The van der Waals surface area contributed by atoms with E-state index in [1.807, 2.05) is 0 Å². The SMILES string of the molecule is COc1ncc(Cl)cc1S(=O)(=O)Cc1cccc(-c2ncc3c(-c4ncc[nH]4)[nH]nc3c2F)c1F. The van der Waals surface area contributed by atoms with Crippen LogP contribution in [0.25, 0.3) is 33.7 Å². The van der Waals surface area contributed by atoms with E-state index in [0.717, 1.165) is 0 Å². The van der Waals surface area contributed by atoms with E-state index in [2.05, 4.69) is 30.1 Å². The summed E-state index contributed by atoms with van der Waals surface area (Å²) in [5.74, 6) is -2.27. The third kappa shape index (κ3) is 4.00. The molecule has 0 aliphatic heterocycles. The maximum Gasteiger partial charge on any atom is 0.232 e. The van der Waals surface area contributed by atoms with Crippen LogP contribution in [-0.4, -0.2) is 45.7 Å². The van der Waals surface area contributed by atoms with E-state index in [4.69, 9.17) is 16.3 Å². The lowest BCUT2D eigenvalue weighted by atomic mass is 10.1. The molecular formula is C22H15ClF2N6O3S. The maximum absolute atomic E-state index is 15.5. The van der Waals surface area contributed by atoms with Gasteiger partial charge >= 0.3 is 0 Å². The van der Waals surface area contributed by atoms with Gasteiger partial charge < -0.3 is 9.72 Å². The molecule has 0 amide bonds. The molecule has 4 heterocycles. The number of fused-ring (bicyclic) bond motifs is 1. The van der Waals surface area contributed by atoms with Crippen LogP contribution in [0.15, 0.2) is 53.9 Å². The van der Waals surface area contributed by atoms with Gasteiger partial charge in [-0.05, 0) is 12.1 Å². The first-order valence-corrected chi connectivity index (χ1v) is 12.1. The van der Waals surface area contributed by atoms with Crippen LogP contribution in [0.5, 0.6) is 5.88 Å². The molecule has 178 valence electrons. The quantitative estimate of drug-likeness (QED) is 0.344. The maximum atomic E-state index is 15.5. The molecule has 0 aliphatic rings. The van der Waals surface area contributed by atoms with Crippen LogP contribution < -0.4 is 4.74 Å². The molecule has 5 aromatic rings. The Bertz CT molecular complexity index is 1670. The third-order valence-electron chi connectivity index (χ3n) is 5.27. The predicted molar refractivity (Wildman–Crippen MR) is 124 cm³/mol. The van der Waals surface area contributed by atoms with Crippen molar-refractivity contribution in [1.82, 2.24) is 30.1 Å². The fourth-order valence-corrected chi connectivity index (χ4v) is 5.37. The zero-order chi connectivity index (χ0) is 24.7. The van der Waals surface area contributed by atoms with Gasteiger partial charge in [0.2, 0.25) is 5.88 Å². The van der Waals surface area contributed by atoms with E-state index < -0.39 is 27.2 Å². The van der Waals surface area contributed by atoms with E-state index in [0.29, 0.717) is 16.9 Å². The van der Waals surface area contributed by atoms with Gasteiger partial charge in [-0.3, -0.25) is 10.1 Å². The van der Waals surface area contributed by atoms with Gasteiger partial charge in [0.1, 0.15) is 27.6 Å². The highest BCUT2D eigenvalue weighted by Crippen LogP contribution is 2.33. The summed E-state index contributed by atoms with van der Waals surface area (Å²) in [5, 5.41) is 7.11. The Morgan fingerprint density at radius 2 is 1.94 bits per heavy atom. The number of methoxy groups -OCH3 is 1. The van der Waals surface area contributed by atoms with Gasteiger partial charge in [-0.15, -0.1) is 0 Å². The van der Waals surface area contributed by atoms with Gasteiger partial charge in [0, 0.05) is 35.9 Å². The molecule has 2 N–H and O–H groups in total. The average molecular weight is 517 g/mol. The van der Waals surface area contributed by atoms with Crippen LogP contribution in [0.2, 0.25) is 5.02 Å². The second-order valence-corrected chi connectivity index (χ2v) is 9.81. The van der Waals surface area contributed by atoms with Gasteiger partial charge in [-0.25, -0.2) is 27.2 Å². The van der Waals surface area contributed by atoms with Crippen LogP contribution in [0.3, 0.4) is 0 Å². The van der Waals surface area contributed by atoms with Gasteiger partial charge in [-0.1, -0.05) is 23.7 Å². The van der Waals surface area contributed by atoms with Crippen molar-refractivity contribution >= 4 is 32.3 Å². The number of rotatable bonds is 6. The number of aromatic nitrogens is 6. The monoisotopic (exact) mass is 516 g/mol. The number of pyridine rings is 2. The molecule has 0 spiro atoms. The summed E-state index contributed by atoms with van der Waals surface area (Å²) in [4.78, 5) is 14.7. The van der Waals surface area contributed by atoms with E-state index in [9.17, 15) is 8.42 Å². The standard InChI is InChI=1S/C22H15ClF2N6O3S/c1-34-22-15(7-12(23)8-29-22)35(32,33)10-11-3-2-4-13(16(11)24)18-17(25)19-14(9-28-18)20(31-30-19)21-26-5-6-27-21/h2-9H,10H2,1H3,(H,26,27)(H,30,31). The first-order valence-electron chi connectivity index (χ1n) is 10.0. The second-order valence-electron chi connectivity index (χ2n) is 7.42. The van der Waals surface area contributed by atoms with Crippen molar-refractivity contribution < 1.29 is 21.9 Å². The van der Waals surface area contributed by atoms with Crippen LogP contribution >= 0.6 is 11.6 Å². The highest BCUT2D eigenvalue weighted by Gasteiger charge is 2.26. The topological polar surface area (TPSA) is 127 Å². The summed E-state index contributed by atoms with van der Waals surface area (Å²) in [6.45, 7) is 0. The number of sulfone groups is 1. The normalized spacial score (nSPS) is 11.8. The number of hydrogen-bond donors (Lipinski definition) is 2. The van der Waals surface area contributed by atoms with Crippen molar-refractivity contribution in [2.24, 2.45) is 0 Å². The van der Waals surface area contributed by atoms with Gasteiger partial charge in [0.25, 0.3) is 0 Å². The largest absolute Gasteiger partial charge is 0.480 e. The summed E-state index contributed by atoms with van der Waals surface area (Å²) in [6, 6.07) is 5.19. The Balaban J connectivity index is 1.56. The first-order chi connectivity index (χ1) is 16.8. The fraction of sp³-hybridized carbons (Fsp3) is 0.0909. The van der Waals surface area contributed by atoms with Crippen LogP contribution in [0.1, 0.15) is 5.56 Å². The zero-order valence-corrected chi connectivity index (χ0v) is 19.5. The van der Waals surface area contributed by atoms with Crippen LogP contribution in [0.4, 0.5) is 8.78 Å². The lowest BCUT2D eigenvalue weighted by Gasteiger charge is -2.11. The Kier molecular flexibility index (Phi) is 5.69. The Hall–Kier alpha value is -3.90. The van der Waals surface area contributed by atoms with Crippen molar-refractivity contribution in [3.05, 3.63) is 71.3 Å². The van der Waals surface area contributed by atoms with Crippen molar-refractivity contribution in [3.63, 3.8) is 0 Å². The molecule has 5 rings (SSSR count). The second kappa shape index (κ2) is 8.71. The number of aromatic amines is 2. The van der Waals surface area contributed by atoms with Gasteiger partial charge in [0.05, 0.1) is 23.3 Å². The van der Waals surface area contributed by atoms with E-state index in [1.165, 1.54) is 50.0 Å². The molecule has 4 aromatic heterocycles. The molecule has 0 atom stereocenters. The van der Waals surface area contributed by atoms with Crippen molar-refractivity contribution in [3.8, 4) is 28.7 Å². The number of halogens is 3. The molecule has 13 heteroatoms. The van der Waals surface area contributed by atoms with E-state index >= 15 is 8.78 Å². The smallest absolute Gasteiger partial charge is 0.232 e. The molecule has 1 aromatic carbocycles. The molecule has 0 bridgehead atoms. The fourth-order valence-electron chi connectivity index (χ4n) is 3.65. The molecule has 0 aliphatic carbocycles. The molecule has 9 nitrogen and oxygen atoms in total. The number of nitrogens with zero attached hydrogens (tertiary/aromatic N) is 4. The summed E-state index contributed by atoms with van der Waals surface area (Å²) >= 11 is 5.90. The number of hydrogen-bond acceptors (Lipinski definition) is 7. The highest BCUT2D eigenvalue weighted by atomic mass is 35.5. The molecule has 0 radical (unpaired) electrons. The first kappa shape index (κ1) is 22.9. The minimum atomic E-state index is -4.12. The van der Waals surface area contributed by atoms with Crippen molar-refractivity contribution in [1.29, 1.82) is 0 Å². The number of benzene rings is 1. The molecule has 0 saturated heterocycles. The number of H-pyrrole nitrogens is 2. The molecule has 0 saturated carbocycles. The Labute approximate surface area is 202 Å². The third-order valence-corrected chi connectivity index (χ3v) is 7.13. The minimum Gasteiger partial charge on any atom is -0.480 e. The van der Waals surface area contributed by atoms with E-state index in [1.54, 1.807) is 6.20 Å². The van der Waals surface area contributed by atoms with E-state index in [-0.39, 0.29) is 38.1 Å². The summed E-state index contributed by atoms with van der Waals surface area (Å²) in [6.07, 6.45) is 5.71. The van der Waals surface area contributed by atoms with Crippen molar-refractivity contribution in [2.45, 2.75) is 10.6 Å². The van der Waals surface area contributed by atoms with Crippen LogP contribution in [0, 0.1) is 11.6 Å². The number of nitrogens with one attached hydrogen (secondary N) is 2. The molecule has 0 fully saturated rings. The molecule has 35 heavy (non-hydrogen) atoms. The average Bonchev–Trinajstić information content (AvgIpc) is 3.51. The Morgan fingerprint density at radius 3 is 2.69 bits per heavy atom. The van der Waals surface area contributed by atoms with Gasteiger partial charge in [0.15, 0.2) is 21.5 Å².